The summed E-state index contributed by atoms with van der Waals surface area (Å²) in [6, 6.07) is 3.75. The summed E-state index contributed by atoms with van der Waals surface area (Å²) in [6.07, 6.45) is -0.898. The molecule has 0 aliphatic carbocycles. The lowest BCUT2D eigenvalue weighted by molar-refractivity contribution is -0.0743. The standard InChI is InChI=1S/C13H18O4/c1-8-6-9(2)11(10(7-8)15-3)12(14)13(16-4)17-5/h6-7,13H,1-5H3. The van der Waals surface area contributed by atoms with Gasteiger partial charge in [0.25, 0.3) is 0 Å². The third kappa shape index (κ3) is 2.84. The number of methoxy groups -OCH3 is 3. The van der Waals surface area contributed by atoms with Crippen LogP contribution in [0.25, 0.3) is 0 Å². The van der Waals surface area contributed by atoms with Gasteiger partial charge in [-0.15, -0.1) is 0 Å². The van der Waals surface area contributed by atoms with Gasteiger partial charge in [0, 0.05) is 14.2 Å². The van der Waals surface area contributed by atoms with Gasteiger partial charge in [0.15, 0.2) is 0 Å². The number of rotatable bonds is 5. The summed E-state index contributed by atoms with van der Waals surface area (Å²) in [4.78, 5) is 12.2. The van der Waals surface area contributed by atoms with Crippen molar-refractivity contribution < 1.29 is 19.0 Å². The van der Waals surface area contributed by atoms with Gasteiger partial charge in [0.2, 0.25) is 12.1 Å². The fourth-order valence-corrected chi connectivity index (χ4v) is 1.83. The molecule has 0 spiro atoms. The second-order valence-corrected chi connectivity index (χ2v) is 3.83. The van der Waals surface area contributed by atoms with Crippen molar-refractivity contribution in [3.05, 3.63) is 28.8 Å². The summed E-state index contributed by atoms with van der Waals surface area (Å²) in [7, 11) is 4.41. The minimum absolute atomic E-state index is 0.232. The minimum Gasteiger partial charge on any atom is -0.496 e. The fraction of sp³-hybridized carbons (Fsp3) is 0.462. The van der Waals surface area contributed by atoms with Gasteiger partial charge in [-0.05, 0) is 31.0 Å². The number of aryl methyl sites for hydroxylation is 2. The molecule has 1 aromatic rings. The lowest BCUT2D eigenvalue weighted by atomic mass is 10.0. The lowest BCUT2D eigenvalue weighted by Crippen LogP contribution is -2.26. The molecule has 1 aromatic carbocycles. The number of hydrogen-bond donors (Lipinski definition) is 0. The van der Waals surface area contributed by atoms with Crippen LogP contribution < -0.4 is 4.74 Å². The van der Waals surface area contributed by atoms with Crippen molar-refractivity contribution >= 4 is 5.78 Å². The van der Waals surface area contributed by atoms with E-state index in [0.29, 0.717) is 11.3 Å². The van der Waals surface area contributed by atoms with Crippen molar-refractivity contribution in [1.82, 2.24) is 0 Å². The molecule has 94 valence electrons. The quantitative estimate of drug-likeness (QED) is 0.582. The maximum Gasteiger partial charge on any atom is 0.222 e. The number of ketones is 1. The maximum absolute atomic E-state index is 12.2. The second-order valence-electron chi connectivity index (χ2n) is 3.83. The van der Waals surface area contributed by atoms with Crippen LogP contribution in [-0.2, 0) is 9.47 Å². The van der Waals surface area contributed by atoms with E-state index in [4.69, 9.17) is 14.2 Å². The van der Waals surface area contributed by atoms with Gasteiger partial charge in [-0.1, -0.05) is 6.07 Å². The second kappa shape index (κ2) is 5.80. The van der Waals surface area contributed by atoms with E-state index in [2.05, 4.69) is 0 Å². The number of carbonyl (C=O) groups excluding carboxylic acids is 1. The molecule has 1 rings (SSSR count). The highest BCUT2D eigenvalue weighted by Crippen LogP contribution is 2.26. The summed E-state index contributed by atoms with van der Waals surface area (Å²) < 4.78 is 15.2. The van der Waals surface area contributed by atoms with Crippen LogP contribution in [-0.4, -0.2) is 33.4 Å². The monoisotopic (exact) mass is 238 g/mol. The van der Waals surface area contributed by atoms with Crippen LogP contribution in [0.15, 0.2) is 12.1 Å². The molecular weight excluding hydrogens is 220 g/mol. The molecule has 17 heavy (non-hydrogen) atoms. The number of benzene rings is 1. The van der Waals surface area contributed by atoms with E-state index in [1.54, 1.807) is 7.11 Å². The van der Waals surface area contributed by atoms with E-state index in [-0.39, 0.29) is 5.78 Å². The molecule has 4 heteroatoms. The van der Waals surface area contributed by atoms with Crippen molar-refractivity contribution in [2.75, 3.05) is 21.3 Å². The van der Waals surface area contributed by atoms with E-state index in [9.17, 15) is 4.79 Å². The van der Waals surface area contributed by atoms with Crippen LogP contribution in [0.2, 0.25) is 0 Å². The highest BCUT2D eigenvalue weighted by molar-refractivity contribution is 6.02. The number of hydrogen-bond acceptors (Lipinski definition) is 4. The van der Waals surface area contributed by atoms with Crippen molar-refractivity contribution in [3.8, 4) is 5.75 Å². The molecule has 0 radical (unpaired) electrons. The predicted molar refractivity (Wildman–Crippen MR) is 64.6 cm³/mol. The average Bonchev–Trinajstić information content (AvgIpc) is 2.29. The van der Waals surface area contributed by atoms with E-state index >= 15 is 0 Å². The highest BCUT2D eigenvalue weighted by Gasteiger charge is 2.24. The predicted octanol–water partition coefficient (Wildman–Crippen LogP) is 2.11. The highest BCUT2D eigenvalue weighted by atomic mass is 16.7. The Labute approximate surface area is 101 Å². The average molecular weight is 238 g/mol. The molecule has 0 N–H and O–H groups in total. The van der Waals surface area contributed by atoms with Crippen LogP contribution in [0.1, 0.15) is 21.5 Å². The molecule has 0 heterocycles. The Balaban J connectivity index is 3.25. The minimum atomic E-state index is -0.898. The molecule has 0 amide bonds. The molecule has 0 aliphatic rings. The Morgan fingerprint density at radius 3 is 2.18 bits per heavy atom. The smallest absolute Gasteiger partial charge is 0.222 e. The molecular formula is C13H18O4. The third-order valence-electron chi connectivity index (χ3n) is 2.55. The molecule has 0 saturated carbocycles. The van der Waals surface area contributed by atoms with E-state index in [1.807, 2.05) is 26.0 Å². The van der Waals surface area contributed by atoms with Crippen LogP contribution in [0.4, 0.5) is 0 Å². The van der Waals surface area contributed by atoms with Crippen molar-refractivity contribution in [1.29, 1.82) is 0 Å². The number of ether oxygens (including phenoxy) is 3. The van der Waals surface area contributed by atoms with Crippen LogP contribution in [0, 0.1) is 13.8 Å². The third-order valence-corrected chi connectivity index (χ3v) is 2.55. The van der Waals surface area contributed by atoms with Gasteiger partial charge in [-0.2, -0.15) is 0 Å². The van der Waals surface area contributed by atoms with Crippen LogP contribution in [0.3, 0.4) is 0 Å². The Morgan fingerprint density at radius 2 is 1.71 bits per heavy atom. The van der Waals surface area contributed by atoms with Gasteiger partial charge < -0.3 is 14.2 Å². The van der Waals surface area contributed by atoms with Crippen molar-refractivity contribution in [2.24, 2.45) is 0 Å². The molecule has 0 unspecified atom stereocenters. The molecule has 0 fully saturated rings. The topological polar surface area (TPSA) is 44.8 Å². The maximum atomic E-state index is 12.2. The fourth-order valence-electron chi connectivity index (χ4n) is 1.83. The van der Waals surface area contributed by atoms with Crippen LogP contribution >= 0.6 is 0 Å². The van der Waals surface area contributed by atoms with Crippen molar-refractivity contribution in [2.45, 2.75) is 20.1 Å². The summed E-state index contributed by atoms with van der Waals surface area (Å²) in [5, 5.41) is 0. The Bertz CT molecular complexity index is 408. The molecule has 0 bridgehead atoms. The largest absolute Gasteiger partial charge is 0.496 e. The molecule has 0 atom stereocenters. The Morgan fingerprint density at radius 1 is 1.12 bits per heavy atom. The van der Waals surface area contributed by atoms with E-state index < -0.39 is 6.29 Å². The van der Waals surface area contributed by atoms with Gasteiger partial charge in [-0.3, -0.25) is 4.79 Å². The first-order valence-electron chi connectivity index (χ1n) is 5.30. The molecule has 4 nitrogen and oxygen atoms in total. The van der Waals surface area contributed by atoms with Gasteiger partial charge >= 0.3 is 0 Å². The van der Waals surface area contributed by atoms with Gasteiger partial charge in [0.1, 0.15) is 5.75 Å². The first kappa shape index (κ1) is 13.7. The number of carbonyl (C=O) groups is 1. The molecule has 0 saturated heterocycles. The first-order chi connectivity index (χ1) is 8.04. The normalized spacial score (nSPS) is 10.7. The zero-order chi connectivity index (χ0) is 13.0. The zero-order valence-electron chi connectivity index (χ0n) is 10.9. The van der Waals surface area contributed by atoms with Gasteiger partial charge in [-0.25, -0.2) is 0 Å². The van der Waals surface area contributed by atoms with E-state index in [1.165, 1.54) is 14.2 Å². The summed E-state index contributed by atoms with van der Waals surface area (Å²) in [6.45, 7) is 3.82. The van der Waals surface area contributed by atoms with Gasteiger partial charge in [0.05, 0.1) is 12.7 Å². The Hall–Kier alpha value is -1.39. The van der Waals surface area contributed by atoms with E-state index in [0.717, 1.165) is 11.1 Å². The SMILES string of the molecule is COc1cc(C)cc(C)c1C(=O)C(OC)OC. The zero-order valence-corrected chi connectivity index (χ0v) is 10.9. The molecule has 0 aliphatic heterocycles. The number of Topliss-reactive ketones (excluding diaryl/α,β-unsaturated/α-hetero) is 1. The Kier molecular flexibility index (Phi) is 4.66. The summed E-state index contributed by atoms with van der Waals surface area (Å²) >= 11 is 0. The van der Waals surface area contributed by atoms with Crippen molar-refractivity contribution in [3.63, 3.8) is 0 Å². The summed E-state index contributed by atoms with van der Waals surface area (Å²) in [5.41, 5.74) is 2.40. The first-order valence-corrected chi connectivity index (χ1v) is 5.30. The molecule has 0 aromatic heterocycles. The van der Waals surface area contributed by atoms with Crippen LogP contribution in [0.5, 0.6) is 5.75 Å². The lowest BCUT2D eigenvalue weighted by Gasteiger charge is -2.16. The summed E-state index contributed by atoms with van der Waals surface area (Å²) in [5.74, 6) is 0.316.